The molecule has 0 nitrogen and oxygen atoms in total. The fourth-order valence-electron chi connectivity index (χ4n) is 1.46. The van der Waals surface area contributed by atoms with E-state index in [1.807, 2.05) is 6.08 Å². The van der Waals surface area contributed by atoms with Crippen molar-refractivity contribution in [2.24, 2.45) is 5.92 Å². The molecule has 0 heteroatoms. The zero-order valence-electron chi connectivity index (χ0n) is 7.22. The summed E-state index contributed by atoms with van der Waals surface area (Å²) in [7, 11) is 0. The van der Waals surface area contributed by atoms with Crippen molar-refractivity contribution in [2.45, 2.75) is 26.2 Å². The smallest absolute Gasteiger partial charge is 0.0159 e. The second kappa shape index (κ2) is 4.17. The van der Waals surface area contributed by atoms with Gasteiger partial charge >= 0.3 is 0 Å². The summed E-state index contributed by atoms with van der Waals surface area (Å²) in [6, 6.07) is 0. The summed E-state index contributed by atoms with van der Waals surface area (Å²) in [4.78, 5) is 0. The normalized spacial score (nSPS) is 23.0. The Labute approximate surface area is 69.3 Å². The van der Waals surface area contributed by atoms with Crippen molar-refractivity contribution in [1.82, 2.24) is 0 Å². The predicted octanol–water partition coefficient (Wildman–Crippen LogP) is 3.48. The van der Waals surface area contributed by atoms with Crippen LogP contribution in [0.1, 0.15) is 26.2 Å². The first-order valence-electron chi connectivity index (χ1n) is 4.34. The number of allylic oxidation sites excluding steroid dienone is 5. The zero-order valence-corrected chi connectivity index (χ0v) is 7.22. The van der Waals surface area contributed by atoms with Gasteiger partial charge in [-0.25, -0.2) is 0 Å². The molecule has 0 heterocycles. The van der Waals surface area contributed by atoms with E-state index < -0.39 is 0 Å². The van der Waals surface area contributed by atoms with E-state index in [-0.39, 0.29) is 0 Å². The van der Waals surface area contributed by atoms with Crippen LogP contribution in [-0.4, -0.2) is 0 Å². The summed E-state index contributed by atoms with van der Waals surface area (Å²) in [5.74, 6) is 0.715. The molecule has 0 saturated heterocycles. The molecule has 1 aliphatic rings. The fraction of sp³-hybridized carbons (Fsp3) is 0.455. The van der Waals surface area contributed by atoms with Gasteiger partial charge in [0, 0.05) is 0 Å². The minimum absolute atomic E-state index is 0.715. The molecule has 0 N–H and O–H groups in total. The zero-order chi connectivity index (χ0) is 8.10. The SMILES string of the molecule is C=CCC1C=CC=C(CC)C1. The van der Waals surface area contributed by atoms with Crippen molar-refractivity contribution in [1.29, 1.82) is 0 Å². The lowest BCUT2D eigenvalue weighted by molar-refractivity contribution is 0.635. The molecule has 0 aromatic rings. The van der Waals surface area contributed by atoms with Crippen LogP contribution in [0, 0.1) is 5.92 Å². The van der Waals surface area contributed by atoms with Gasteiger partial charge in [-0.05, 0) is 25.2 Å². The highest BCUT2D eigenvalue weighted by Gasteiger charge is 2.07. The fourth-order valence-corrected chi connectivity index (χ4v) is 1.46. The minimum atomic E-state index is 0.715. The van der Waals surface area contributed by atoms with Gasteiger partial charge in [-0.2, -0.15) is 0 Å². The molecule has 0 radical (unpaired) electrons. The van der Waals surface area contributed by atoms with Crippen molar-refractivity contribution >= 4 is 0 Å². The predicted molar refractivity (Wildman–Crippen MR) is 50.4 cm³/mol. The lowest BCUT2D eigenvalue weighted by Gasteiger charge is -2.15. The molecule has 1 aliphatic carbocycles. The number of rotatable bonds is 3. The summed E-state index contributed by atoms with van der Waals surface area (Å²) in [5.41, 5.74) is 1.57. The summed E-state index contributed by atoms with van der Waals surface area (Å²) in [5, 5.41) is 0. The molecule has 0 saturated carbocycles. The van der Waals surface area contributed by atoms with E-state index in [1.54, 1.807) is 5.57 Å². The van der Waals surface area contributed by atoms with Gasteiger partial charge in [0.1, 0.15) is 0 Å². The van der Waals surface area contributed by atoms with Crippen LogP contribution in [0.15, 0.2) is 36.5 Å². The van der Waals surface area contributed by atoms with Crippen LogP contribution < -0.4 is 0 Å². The molecular weight excluding hydrogens is 132 g/mol. The molecule has 1 rings (SSSR count). The first kappa shape index (κ1) is 8.32. The van der Waals surface area contributed by atoms with E-state index in [2.05, 4.69) is 31.7 Å². The molecule has 1 unspecified atom stereocenters. The lowest BCUT2D eigenvalue weighted by Crippen LogP contribution is -2.00. The molecule has 0 aromatic carbocycles. The van der Waals surface area contributed by atoms with Gasteiger partial charge in [-0.1, -0.05) is 36.8 Å². The molecule has 0 bridgehead atoms. The maximum Gasteiger partial charge on any atom is -0.0159 e. The first-order chi connectivity index (χ1) is 5.36. The Morgan fingerprint density at radius 2 is 2.55 bits per heavy atom. The largest absolute Gasteiger partial charge is 0.103 e. The van der Waals surface area contributed by atoms with Gasteiger partial charge in [-0.3, -0.25) is 0 Å². The van der Waals surface area contributed by atoms with Gasteiger partial charge in [-0.15, -0.1) is 6.58 Å². The summed E-state index contributed by atoms with van der Waals surface area (Å²) < 4.78 is 0. The van der Waals surface area contributed by atoms with Crippen LogP contribution in [0.5, 0.6) is 0 Å². The van der Waals surface area contributed by atoms with E-state index in [0.29, 0.717) is 5.92 Å². The van der Waals surface area contributed by atoms with Crippen LogP contribution in [-0.2, 0) is 0 Å². The van der Waals surface area contributed by atoms with Gasteiger partial charge in [0.05, 0.1) is 0 Å². The average molecular weight is 148 g/mol. The molecule has 60 valence electrons. The Bertz CT molecular complexity index is 184. The van der Waals surface area contributed by atoms with Crippen molar-refractivity contribution in [3.63, 3.8) is 0 Å². The Morgan fingerprint density at radius 3 is 3.18 bits per heavy atom. The van der Waals surface area contributed by atoms with Crippen molar-refractivity contribution in [3.8, 4) is 0 Å². The van der Waals surface area contributed by atoms with Crippen LogP contribution >= 0.6 is 0 Å². The quantitative estimate of drug-likeness (QED) is 0.537. The van der Waals surface area contributed by atoms with Crippen molar-refractivity contribution in [2.75, 3.05) is 0 Å². The molecule has 0 aliphatic heterocycles. The second-order valence-corrected chi connectivity index (χ2v) is 3.05. The van der Waals surface area contributed by atoms with E-state index >= 15 is 0 Å². The highest BCUT2D eigenvalue weighted by atomic mass is 14.1. The molecule has 11 heavy (non-hydrogen) atoms. The number of hydrogen-bond donors (Lipinski definition) is 0. The van der Waals surface area contributed by atoms with E-state index in [1.165, 1.54) is 12.8 Å². The Morgan fingerprint density at radius 1 is 1.73 bits per heavy atom. The van der Waals surface area contributed by atoms with Crippen molar-refractivity contribution < 1.29 is 0 Å². The Kier molecular flexibility index (Phi) is 3.15. The third-order valence-electron chi connectivity index (χ3n) is 2.16. The Hall–Kier alpha value is -0.780. The topological polar surface area (TPSA) is 0 Å². The molecule has 0 aromatic heterocycles. The first-order valence-corrected chi connectivity index (χ1v) is 4.34. The van der Waals surface area contributed by atoms with Crippen LogP contribution in [0.3, 0.4) is 0 Å². The lowest BCUT2D eigenvalue weighted by atomic mass is 9.91. The molecular formula is C11H16. The van der Waals surface area contributed by atoms with Gasteiger partial charge in [0.15, 0.2) is 0 Å². The van der Waals surface area contributed by atoms with Gasteiger partial charge < -0.3 is 0 Å². The molecule has 0 fully saturated rings. The maximum absolute atomic E-state index is 3.75. The average Bonchev–Trinajstić information content (AvgIpc) is 2.06. The summed E-state index contributed by atoms with van der Waals surface area (Å²) in [6.07, 6.45) is 12.2. The van der Waals surface area contributed by atoms with Gasteiger partial charge in [0.2, 0.25) is 0 Å². The number of hydrogen-bond acceptors (Lipinski definition) is 0. The van der Waals surface area contributed by atoms with E-state index in [9.17, 15) is 0 Å². The molecule has 1 atom stereocenters. The highest BCUT2D eigenvalue weighted by Crippen LogP contribution is 2.23. The van der Waals surface area contributed by atoms with E-state index in [0.717, 1.165) is 6.42 Å². The van der Waals surface area contributed by atoms with E-state index in [4.69, 9.17) is 0 Å². The monoisotopic (exact) mass is 148 g/mol. The van der Waals surface area contributed by atoms with Crippen LogP contribution in [0.4, 0.5) is 0 Å². The van der Waals surface area contributed by atoms with Gasteiger partial charge in [0.25, 0.3) is 0 Å². The highest BCUT2D eigenvalue weighted by molar-refractivity contribution is 5.19. The molecule has 0 amide bonds. The second-order valence-electron chi connectivity index (χ2n) is 3.05. The third kappa shape index (κ3) is 2.38. The molecule has 0 spiro atoms. The minimum Gasteiger partial charge on any atom is -0.103 e. The third-order valence-corrected chi connectivity index (χ3v) is 2.16. The summed E-state index contributed by atoms with van der Waals surface area (Å²) in [6.45, 7) is 5.97. The standard InChI is InChI=1S/C11H16/c1-3-6-11-8-5-7-10(4-2)9-11/h3,5,7-8,11H,1,4,6,9H2,2H3. The van der Waals surface area contributed by atoms with Crippen molar-refractivity contribution in [3.05, 3.63) is 36.5 Å². The maximum atomic E-state index is 3.75. The van der Waals surface area contributed by atoms with Crippen LogP contribution in [0.25, 0.3) is 0 Å². The summed E-state index contributed by atoms with van der Waals surface area (Å²) >= 11 is 0. The van der Waals surface area contributed by atoms with Crippen LogP contribution in [0.2, 0.25) is 0 Å². The Balaban J connectivity index is 2.47.